The van der Waals surface area contributed by atoms with Crippen LogP contribution in [0.1, 0.15) is 12.8 Å². The van der Waals surface area contributed by atoms with Gasteiger partial charge in [0.05, 0.1) is 11.9 Å². The van der Waals surface area contributed by atoms with Crippen LogP contribution >= 0.6 is 0 Å². The largest absolute Gasteiger partial charge is 0.310 e. The topological polar surface area (TPSA) is 75.9 Å². The number of likely N-dealkylation sites (tertiary alicyclic amines) is 1. The van der Waals surface area contributed by atoms with E-state index in [4.69, 9.17) is 0 Å². The van der Waals surface area contributed by atoms with Gasteiger partial charge in [-0.1, -0.05) is 0 Å². The molecule has 7 nitrogen and oxygen atoms in total. The van der Waals surface area contributed by atoms with Gasteiger partial charge < -0.3 is 10.2 Å². The van der Waals surface area contributed by atoms with Crippen LogP contribution in [0.4, 0.5) is 5.82 Å². The fourth-order valence-corrected chi connectivity index (χ4v) is 3.32. The van der Waals surface area contributed by atoms with Crippen LogP contribution in [0.25, 0.3) is 22.0 Å². The number of carbonyl (C=O) groups excluding carboxylic acids is 1. The van der Waals surface area contributed by atoms with Gasteiger partial charge in [0.25, 0.3) is 0 Å². The monoisotopic (exact) mass is 350 g/mol. The fourth-order valence-electron chi connectivity index (χ4n) is 3.32. The summed E-state index contributed by atoms with van der Waals surface area (Å²) in [5.74, 6) is 0.711. The van der Waals surface area contributed by atoms with Gasteiger partial charge in [0.1, 0.15) is 5.82 Å². The smallest absolute Gasteiger partial charge is 0.228 e. The predicted octanol–water partition coefficient (Wildman–Crippen LogP) is 2.31. The number of hydrogen-bond donors (Lipinski definition) is 1. The van der Waals surface area contributed by atoms with Crippen LogP contribution in [0.15, 0.2) is 36.9 Å². The average molecular weight is 350 g/mol. The number of rotatable bonds is 3. The number of anilines is 1. The van der Waals surface area contributed by atoms with Gasteiger partial charge in [-0.25, -0.2) is 4.98 Å². The average Bonchev–Trinajstić information content (AvgIpc) is 3.08. The first-order valence-electron chi connectivity index (χ1n) is 8.83. The van der Waals surface area contributed by atoms with Crippen LogP contribution in [0.2, 0.25) is 0 Å². The van der Waals surface area contributed by atoms with E-state index in [0.717, 1.165) is 48.0 Å². The Labute approximate surface area is 152 Å². The summed E-state index contributed by atoms with van der Waals surface area (Å²) in [7, 11) is 3.97. The number of fused-ring (bicyclic) bond motifs is 1. The first-order valence-corrected chi connectivity index (χ1v) is 8.83. The molecule has 0 spiro atoms. The van der Waals surface area contributed by atoms with Gasteiger partial charge in [-0.15, -0.1) is 0 Å². The molecule has 1 aliphatic rings. The van der Waals surface area contributed by atoms with Gasteiger partial charge in [-0.05, 0) is 50.5 Å². The third-order valence-electron chi connectivity index (χ3n) is 4.94. The van der Waals surface area contributed by atoms with Crippen molar-refractivity contribution in [1.29, 1.82) is 0 Å². The number of nitrogens with one attached hydrogen (secondary N) is 1. The Morgan fingerprint density at radius 3 is 2.58 bits per heavy atom. The molecule has 7 heteroatoms. The molecule has 0 radical (unpaired) electrons. The maximum absolute atomic E-state index is 12.5. The zero-order chi connectivity index (χ0) is 18.1. The van der Waals surface area contributed by atoms with E-state index in [1.54, 1.807) is 23.3 Å². The third kappa shape index (κ3) is 3.43. The zero-order valence-corrected chi connectivity index (χ0v) is 15.0. The molecule has 134 valence electrons. The Bertz CT molecular complexity index is 942. The molecule has 1 saturated heterocycles. The molecular formula is C19H22N6O. The molecule has 0 unspecified atom stereocenters. The van der Waals surface area contributed by atoms with E-state index in [0.29, 0.717) is 5.82 Å². The Hall–Kier alpha value is -2.80. The second kappa shape index (κ2) is 6.84. The summed E-state index contributed by atoms with van der Waals surface area (Å²) >= 11 is 0. The molecule has 0 aromatic carbocycles. The molecule has 0 saturated carbocycles. The minimum Gasteiger partial charge on any atom is -0.310 e. The van der Waals surface area contributed by atoms with Gasteiger partial charge in [-0.2, -0.15) is 5.10 Å². The fraction of sp³-hybridized carbons (Fsp3) is 0.368. The van der Waals surface area contributed by atoms with Crippen molar-refractivity contribution in [2.24, 2.45) is 13.0 Å². The van der Waals surface area contributed by atoms with Crippen molar-refractivity contribution in [3.63, 3.8) is 0 Å². The number of aryl methyl sites for hydroxylation is 1. The highest BCUT2D eigenvalue weighted by molar-refractivity contribution is 5.94. The summed E-state index contributed by atoms with van der Waals surface area (Å²) in [5, 5.41) is 9.10. The van der Waals surface area contributed by atoms with Crippen LogP contribution in [-0.2, 0) is 11.8 Å². The number of amides is 1. The summed E-state index contributed by atoms with van der Waals surface area (Å²) in [6, 6.07) is 3.91. The molecule has 1 aliphatic heterocycles. The molecule has 3 aromatic heterocycles. The van der Waals surface area contributed by atoms with Crippen molar-refractivity contribution in [1.82, 2.24) is 24.6 Å². The molecule has 1 amide bonds. The Kier molecular flexibility index (Phi) is 4.38. The highest BCUT2D eigenvalue weighted by Gasteiger charge is 2.23. The molecule has 0 bridgehead atoms. The quantitative estimate of drug-likeness (QED) is 0.784. The first kappa shape index (κ1) is 16.7. The number of nitrogens with zero attached hydrogens (tertiary/aromatic N) is 5. The highest BCUT2D eigenvalue weighted by atomic mass is 16.1. The molecule has 0 atom stereocenters. The van der Waals surface area contributed by atoms with Crippen LogP contribution in [0.3, 0.4) is 0 Å². The highest BCUT2D eigenvalue weighted by Crippen LogP contribution is 2.24. The summed E-state index contributed by atoms with van der Waals surface area (Å²) in [4.78, 5) is 23.6. The van der Waals surface area contributed by atoms with E-state index in [1.807, 2.05) is 25.4 Å². The normalized spacial score (nSPS) is 16.1. The Morgan fingerprint density at radius 1 is 1.08 bits per heavy atom. The van der Waals surface area contributed by atoms with Gasteiger partial charge in [0, 0.05) is 42.5 Å². The van der Waals surface area contributed by atoms with Crippen molar-refractivity contribution in [2.45, 2.75) is 12.8 Å². The number of piperidine rings is 1. The number of aromatic nitrogens is 4. The second-order valence-corrected chi connectivity index (χ2v) is 6.96. The first-order chi connectivity index (χ1) is 12.6. The molecule has 4 heterocycles. The maximum atomic E-state index is 12.5. The van der Waals surface area contributed by atoms with Gasteiger partial charge >= 0.3 is 0 Å². The molecule has 3 aromatic rings. The van der Waals surface area contributed by atoms with Gasteiger partial charge in [-0.3, -0.25) is 14.5 Å². The van der Waals surface area contributed by atoms with Crippen LogP contribution in [0, 0.1) is 5.92 Å². The number of hydrogen-bond acceptors (Lipinski definition) is 5. The van der Waals surface area contributed by atoms with Crippen molar-refractivity contribution in [3.8, 4) is 11.3 Å². The molecule has 1 fully saturated rings. The lowest BCUT2D eigenvalue weighted by Crippen LogP contribution is -2.36. The lowest BCUT2D eigenvalue weighted by molar-refractivity contribution is -0.121. The summed E-state index contributed by atoms with van der Waals surface area (Å²) < 4.78 is 1.75. The second-order valence-electron chi connectivity index (χ2n) is 6.96. The molecular weight excluding hydrogens is 328 g/mol. The lowest BCUT2D eigenvalue weighted by Gasteiger charge is -2.27. The minimum absolute atomic E-state index is 0.0616. The van der Waals surface area contributed by atoms with Crippen molar-refractivity contribution in [2.75, 3.05) is 25.5 Å². The summed E-state index contributed by atoms with van der Waals surface area (Å²) in [6.07, 6.45) is 9.05. The Morgan fingerprint density at radius 2 is 1.85 bits per heavy atom. The van der Waals surface area contributed by atoms with E-state index in [2.05, 4.69) is 32.3 Å². The van der Waals surface area contributed by atoms with Crippen LogP contribution in [0.5, 0.6) is 0 Å². The maximum Gasteiger partial charge on any atom is 0.228 e. The third-order valence-corrected chi connectivity index (χ3v) is 4.94. The van der Waals surface area contributed by atoms with E-state index >= 15 is 0 Å². The van der Waals surface area contributed by atoms with E-state index < -0.39 is 0 Å². The van der Waals surface area contributed by atoms with Gasteiger partial charge in [0.2, 0.25) is 5.91 Å². The molecule has 4 rings (SSSR count). The molecule has 26 heavy (non-hydrogen) atoms. The van der Waals surface area contributed by atoms with Crippen LogP contribution in [-0.4, -0.2) is 50.7 Å². The standard InChI is InChI=1S/C19H22N6O/c1-24-5-3-13(4-6-24)19(26)23-18-8-14-7-17(16-11-22-25(2)12-16)20-9-15(14)10-21-18/h7-13H,3-6H2,1-2H3,(H,21,23,26). The Balaban J connectivity index is 1.55. The van der Waals surface area contributed by atoms with Crippen molar-refractivity contribution >= 4 is 22.5 Å². The van der Waals surface area contributed by atoms with Crippen molar-refractivity contribution < 1.29 is 4.79 Å². The summed E-state index contributed by atoms with van der Waals surface area (Å²) in [5.41, 5.74) is 1.81. The van der Waals surface area contributed by atoms with E-state index in [9.17, 15) is 4.79 Å². The number of pyridine rings is 2. The van der Waals surface area contributed by atoms with Gasteiger partial charge in [0.15, 0.2) is 0 Å². The molecule has 1 N–H and O–H groups in total. The number of carbonyl (C=O) groups is 1. The SMILES string of the molecule is CN1CCC(C(=O)Nc2cc3cc(-c4cnn(C)c4)ncc3cn2)CC1. The van der Waals surface area contributed by atoms with Crippen LogP contribution < -0.4 is 5.32 Å². The minimum atomic E-state index is 0.0616. The zero-order valence-electron chi connectivity index (χ0n) is 15.0. The predicted molar refractivity (Wildman–Crippen MR) is 101 cm³/mol. The van der Waals surface area contributed by atoms with E-state index in [1.165, 1.54) is 0 Å². The summed E-state index contributed by atoms with van der Waals surface area (Å²) in [6.45, 7) is 1.92. The van der Waals surface area contributed by atoms with Crippen molar-refractivity contribution in [3.05, 3.63) is 36.9 Å². The lowest BCUT2D eigenvalue weighted by atomic mass is 9.96. The molecule has 0 aliphatic carbocycles. The van der Waals surface area contributed by atoms with E-state index in [-0.39, 0.29) is 11.8 Å².